The van der Waals surface area contributed by atoms with Crippen LogP contribution in [-0.4, -0.2) is 24.0 Å². The van der Waals surface area contributed by atoms with Gasteiger partial charge in [0, 0.05) is 34.6 Å². The minimum atomic E-state index is -0.0280. The van der Waals surface area contributed by atoms with Crippen molar-refractivity contribution in [1.82, 2.24) is 9.88 Å². The normalized spacial score (nSPS) is 13.7. The molecule has 0 saturated carbocycles. The van der Waals surface area contributed by atoms with Crippen molar-refractivity contribution in [2.45, 2.75) is 25.9 Å². The standard InChI is InChI=1S/C28H31N3/c1-20-9-8-10-24(17-20)30-28(23-15-13-22(14-16-23)19-31(3)4)21(2)26-18-29-27-12-7-5-6-11-25(26)27/h5,7-18,28-30H,2,6,19H2,1,3-4H3. The first-order valence-electron chi connectivity index (χ1n) is 10.8. The van der Waals surface area contributed by atoms with Crippen LogP contribution in [0.15, 0.2) is 73.5 Å². The fourth-order valence-corrected chi connectivity index (χ4v) is 4.11. The second-order valence-corrected chi connectivity index (χ2v) is 8.52. The fraction of sp³-hybridized carbons (Fsp3) is 0.214. The molecule has 3 nitrogen and oxygen atoms in total. The summed E-state index contributed by atoms with van der Waals surface area (Å²) in [5.74, 6) is 0. The average Bonchev–Trinajstić information content (AvgIpc) is 3.00. The highest BCUT2D eigenvalue weighted by Gasteiger charge is 2.19. The van der Waals surface area contributed by atoms with Crippen molar-refractivity contribution in [3.8, 4) is 0 Å². The molecule has 0 bridgehead atoms. The number of fused-ring (bicyclic) bond motifs is 1. The third kappa shape index (κ3) is 4.89. The van der Waals surface area contributed by atoms with E-state index >= 15 is 0 Å². The summed E-state index contributed by atoms with van der Waals surface area (Å²) in [5.41, 5.74) is 7.07. The van der Waals surface area contributed by atoms with Gasteiger partial charge in [0.1, 0.15) is 0 Å². The predicted molar refractivity (Wildman–Crippen MR) is 133 cm³/mol. The van der Waals surface area contributed by atoms with Crippen LogP contribution in [0.4, 0.5) is 5.69 Å². The summed E-state index contributed by atoms with van der Waals surface area (Å²) >= 11 is 0. The summed E-state index contributed by atoms with van der Waals surface area (Å²) in [5, 5.41) is 6.11. The number of hydrogen-bond donors (Lipinski definition) is 2. The molecule has 2 aromatic carbocycles. The highest BCUT2D eigenvalue weighted by Crippen LogP contribution is 2.31. The smallest absolute Gasteiger partial charge is 0.0768 e. The molecule has 1 aliphatic rings. The maximum atomic E-state index is 4.56. The molecule has 0 saturated heterocycles. The molecule has 1 aromatic heterocycles. The zero-order valence-corrected chi connectivity index (χ0v) is 18.7. The maximum absolute atomic E-state index is 4.56. The van der Waals surface area contributed by atoms with Crippen LogP contribution in [0.3, 0.4) is 0 Å². The lowest BCUT2D eigenvalue weighted by molar-refractivity contribution is 0.402. The van der Waals surface area contributed by atoms with Gasteiger partial charge in [0.25, 0.3) is 0 Å². The molecule has 0 amide bonds. The molecule has 1 atom stereocenters. The summed E-state index contributed by atoms with van der Waals surface area (Å²) < 4.78 is 0. The molecule has 2 N–H and O–H groups in total. The number of nitrogens with one attached hydrogen (secondary N) is 2. The molecule has 0 aliphatic heterocycles. The number of allylic oxidation sites excluding steroid dienone is 2. The lowest BCUT2D eigenvalue weighted by Crippen LogP contribution is -2.25. The van der Waals surface area contributed by atoms with Crippen molar-refractivity contribution < 1.29 is 0 Å². The first-order valence-corrected chi connectivity index (χ1v) is 10.8. The van der Waals surface area contributed by atoms with Crippen molar-refractivity contribution in [3.63, 3.8) is 0 Å². The topological polar surface area (TPSA) is 31.1 Å². The molecule has 1 unspecified atom stereocenters. The van der Waals surface area contributed by atoms with Crippen LogP contribution >= 0.6 is 0 Å². The second-order valence-electron chi connectivity index (χ2n) is 8.52. The summed E-state index contributed by atoms with van der Waals surface area (Å²) in [6, 6.07) is 17.4. The van der Waals surface area contributed by atoms with Crippen molar-refractivity contribution in [2.24, 2.45) is 0 Å². The van der Waals surface area contributed by atoms with Crippen molar-refractivity contribution in [1.29, 1.82) is 0 Å². The van der Waals surface area contributed by atoms with Gasteiger partial charge in [-0.2, -0.15) is 0 Å². The third-order valence-electron chi connectivity index (χ3n) is 5.64. The Labute approximate surface area is 185 Å². The summed E-state index contributed by atoms with van der Waals surface area (Å²) in [6.07, 6.45) is 11.7. The third-order valence-corrected chi connectivity index (χ3v) is 5.64. The van der Waals surface area contributed by atoms with Crippen molar-refractivity contribution in [3.05, 3.63) is 106 Å². The van der Waals surface area contributed by atoms with Crippen LogP contribution in [0.25, 0.3) is 17.7 Å². The molecule has 0 fully saturated rings. The summed E-state index contributed by atoms with van der Waals surface area (Å²) in [4.78, 5) is 5.61. The number of aryl methyl sites for hydroxylation is 1. The Morgan fingerprint density at radius 1 is 1.16 bits per heavy atom. The van der Waals surface area contributed by atoms with E-state index in [1.54, 1.807) is 0 Å². The van der Waals surface area contributed by atoms with Crippen LogP contribution in [0.2, 0.25) is 0 Å². The van der Waals surface area contributed by atoms with Gasteiger partial charge in [-0.05, 0) is 67.9 Å². The van der Waals surface area contributed by atoms with Gasteiger partial charge in [0.05, 0.1) is 6.04 Å². The van der Waals surface area contributed by atoms with Gasteiger partial charge >= 0.3 is 0 Å². The molecule has 0 spiro atoms. The number of benzene rings is 2. The van der Waals surface area contributed by atoms with Crippen molar-refractivity contribution >= 4 is 23.4 Å². The van der Waals surface area contributed by atoms with Crippen LogP contribution in [0.5, 0.6) is 0 Å². The Morgan fingerprint density at radius 3 is 2.71 bits per heavy atom. The molecule has 3 aromatic rings. The molecular formula is C28H31N3. The van der Waals surface area contributed by atoms with E-state index < -0.39 is 0 Å². The van der Waals surface area contributed by atoms with E-state index in [-0.39, 0.29) is 6.04 Å². The lowest BCUT2D eigenvalue weighted by atomic mass is 9.93. The van der Waals surface area contributed by atoms with E-state index in [2.05, 4.69) is 122 Å². The molecule has 0 radical (unpaired) electrons. The Hall–Kier alpha value is -3.30. The van der Waals surface area contributed by atoms with Crippen LogP contribution in [-0.2, 0) is 6.54 Å². The SMILES string of the molecule is C=C(c1c[nH]c2c1=CCC=CC=2)C(Nc1cccc(C)c1)c1ccc(CN(C)C)cc1. The predicted octanol–water partition coefficient (Wildman–Crippen LogP) is 4.77. The Kier molecular flexibility index (Phi) is 6.24. The highest BCUT2D eigenvalue weighted by atomic mass is 15.0. The number of hydrogen-bond acceptors (Lipinski definition) is 2. The van der Waals surface area contributed by atoms with E-state index in [4.69, 9.17) is 0 Å². The van der Waals surface area contributed by atoms with E-state index in [1.165, 1.54) is 21.9 Å². The number of aromatic amines is 1. The molecule has 1 aliphatic carbocycles. The van der Waals surface area contributed by atoms with Crippen LogP contribution in [0.1, 0.15) is 34.7 Å². The van der Waals surface area contributed by atoms with Gasteiger partial charge in [-0.3, -0.25) is 0 Å². The monoisotopic (exact) mass is 409 g/mol. The molecular weight excluding hydrogens is 378 g/mol. The Bertz CT molecular complexity index is 1210. The van der Waals surface area contributed by atoms with Gasteiger partial charge in [-0.15, -0.1) is 0 Å². The number of anilines is 1. The molecule has 31 heavy (non-hydrogen) atoms. The lowest BCUT2D eigenvalue weighted by Gasteiger charge is -2.23. The van der Waals surface area contributed by atoms with Gasteiger partial charge in [0.2, 0.25) is 0 Å². The number of nitrogens with zero attached hydrogens (tertiary/aromatic N) is 1. The number of rotatable bonds is 7. The maximum Gasteiger partial charge on any atom is 0.0768 e. The summed E-state index contributed by atoms with van der Waals surface area (Å²) in [7, 11) is 4.19. The number of H-pyrrole nitrogens is 1. The minimum Gasteiger partial charge on any atom is -0.374 e. The first-order chi connectivity index (χ1) is 15.0. The largest absolute Gasteiger partial charge is 0.374 e. The number of aromatic nitrogens is 1. The van der Waals surface area contributed by atoms with E-state index in [0.717, 1.165) is 35.1 Å². The quantitative estimate of drug-likeness (QED) is 0.589. The van der Waals surface area contributed by atoms with Crippen LogP contribution < -0.4 is 15.9 Å². The Morgan fingerprint density at radius 2 is 1.97 bits per heavy atom. The first kappa shape index (κ1) is 21.0. The minimum absolute atomic E-state index is 0.0280. The molecule has 158 valence electrons. The van der Waals surface area contributed by atoms with Gasteiger partial charge in [-0.1, -0.05) is 61.2 Å². The zero-order chi connectivity index (χ0) is 21.8. The van der Waals surface area contributed by atoms with E-state index in [0.29, 0.717) is 0 Å². The van der Waals surface area contributed by atoms with Crippen LogP contribution in [0, 0.1) is 6.92 Å². The Balaban J connectivity index is 1.73. The second kappa shape index (κ2) is 9.23. The molecule has 1 heterocycles. The highest BCUT2D eigenvalue weighted by molar-refractivity contribution is 5.74. The van der Waals surface area contributed by atoms with E-state index in [9.17, 15) is 0 Å². The van der Waals surface area contributed by atoms with E-state index in [1.807, 2.05) is 0 Å². The van der Waals surface area contributed by atoms with Gasteiger partial charge in [0.15, 0.2) is 0 Å². The van der Waals surface area contributed by atoms with Gasteiger partial charge in [-0.25, -0.2) is 0 Å². The summed E-state index contributed by atoms with van der Waals surface area (Å²) in [6.45, 7) is 7.61. The fourth-order valence-electron chi connectivity index (χ4n) is 4.11. The zero-order valence-electron chi connectivity index (χ0n) is 18.7. The van der Waals surface area contributed by atoms with Crippen molar-refractivity contribution in [2.75, 3.05) is 19.4 Å². The van der Waals surface area contributed by atoms with Gasteiger partial charge < -0.3 is 15.2 Å². The average molecular weight is 410 g/mol. The molecule has 3 heteroatoms. The molecule has 4 rings (SSSR count).